The fourth-order valence-corrected chi connectivity index (χ4v) is 3.15. The zero-order valence-corrected chi connectivity index (χ0v) is 13.3. The molecule has 122 valence electrons. The normalized spacial score (nSPS) is 19.1. The zero-order valence-electron chi connectivity index (χ0n) is 13.3. The van der Waals surface area contributed by atoms with Gasteiger partial charge in [-0.3, -0.25) is 0 Å². The molecule has 0 bridgehead atoms. The molecule has 22 heavy (non-hydrogen) atoms. The molecule has 0 N–H and O–H groups in total. The van der Waals surface area contributed by atoms with Crippen LogP contribution in [0.2, 0.25) is 0 Å². The van der Waals surface area contributed by atoms with Crippen molar-refractivity contribution < 1.29 is 13.2 Å². The Hall–Kier alpha value is -1.25. The molecule has 1 aromatic carbocycles. The van der Waals surface area contributed by atoms with E-state index in [0.717, 1.165) is 24.3 Å². The summed E-state index contributed by atoms with van der Waals surface area (Å²) in [5.74, 6) is 0.759. The van der Waals surface area contributed by atoms with E-state index in [4.69, 9.17) is 0 Å². The molecule has 2 rings (SSSR count). The average Bonchev–Trinajstić information content (AvgIpc) is 2.51. The van der Waals surface area contributed by atoms with Crippen LogP contribution < -0.4 is 0 Å². The Labute approximate surface area is 131 Å². The van der Waals surface area contributed by atoms with Gasteiger partial charge < -0.3 is 0 Å². The molecule has 1 atom stereocenters. The minimum absolute atomic E-state index is 0.568. The van der Waals surface area contributed by atoms with Gasteiger partial charge in [-0.2, -0.15) is 13.2 Å². The van der Waals surface area contributed by atoms with Crippen molar-refractivity contribution in [1.29, 1.82) is 0 Å². The van der Waals surface area contributed by atoms with Gasteiger partial charge in [0.15, 0.2) is 0 Å². The molecule has 0 nitrogen and oxygen atoms in total. The van der Waals surface area contributed by atoms with Crippen LogP contribution in [0.15, 0.2) is 30.3 Å². The van der Waals surface area contributed by atoms with E-state index in [9.17, 15) is 13.2 Å². The van der Waals surface area contributed by atoms with Crippen molar-refractivity contribution in [1.82, 2.24) is 0 Å². The van der Waals surface area contributed by atoms with E-state index in [2.05, 4.69) is 13.0 Å². The maximum Gasteiger partial charge on any atom is 0.416 e. The smallest absolute Gasteiger partial charge is 0.166 e. The molecular weight excluding hydrogens is 285 g/mol. The first-order chi connectivity index (χ1) is 10.5. The van der Waals surface area contributed by atoms with Crippen molar-refractivity contribution >= 4 is 5.57 Å². The lowest BCUT2D eigenvalue weighted by Gasteiger charge is -2.22. The van der Waals surface area contributed by atoms with E-state index in [-0.39, 0.29) is 0 Å². The minimum Gasteiger partial charge on any atom is -0.166 e. The van der Waals surface area contributed by atoms with Gasteiger partial charge in [-0.25, -0.2) is 0 Å². The van der Waals surface area contributed by atoms with Gasteiger partial charge in [-0.05, 0) is 48.4 Å². The molecule has 0 aliphatic heterocycles. The van der Waals surface area contributed by atoms with Gasteiger partial charge in [0.05, 0.1) is 5.56 Å². The fourth-order valence-electron chi connectivity index (χ4n) is 3.15. The molecule has 1 aliphatic carbocycles. The predicted octanol–water partition coefficient (Wildman–Crippen LogP) is 6.86. The molecule has 0 spiro atoms. The summed E-state index contributed by atoms with van der Waals surface area (Å²) in [6, 6.07) is 5.59. The van der Waals surface area contributed by atoms with Crippen LogP contribution >= 0.6 is 0 Å². The van der Waals surface area contributed by atoms with E-state index in [0.29, 0.717) is 0 Å². The van der Waals surface area contributed by atoms with Gasteiger partial charge in [0.2, 0.25) is 0 Å². The highest BCUT2D eigenvalue weighted by Crippen LogP contribution is 2.34. The summed E-state index contributed by atoms with van der Waals surface area (Å²) in [5.41, 5.74) is 1.58. The Bertz CT molecular complexity index is 482. The Kier molecular flexibility index (Phi) is 6.10. The quantitative estimate of drug-likeness (QED) is 0.503. The van der Waals surface area contributed by atoms with Crippen LogP contribution in [0, 0.1) is 5.92 Å². The topological polar surface area (TPSA) is 0 Å². The summed E-state index contributed by atoms with van der Waals surface area (Å²) in [6.07, 6.45) is 7.72. The number of unbranched alkanes of at least 4 members (excludes halogenated alkanes) is 3. The van der Waals surface area contributed by atoms with Crippen LogP contribution in [0.3, 0.4) is 0 Å². The molecule has 3 heteroatoms. The van der Waals surface area contributed by atoms with Crippen LogP contribution in [0.1, 0.15) is 69.4 Å². The number of rotatable bonds is 6. The van der Waals surface area contributed by atoms with Crippen LogP contribution in [0.25, 0.3) is 5.57 Å². The van der Waals surface area contributed by atoms with Crippen molar-refractivity contribution in [3.8, 4) is 0 Å². The fraction of sp³-hybridized carbons (Fsp3) is 0.579. The maximum atomic E-state index is 12.6. The molecule has 0 fully saturated rings. The van der Waals surface area contributed by atoms with E-state index in [1.807, 2.05) is 0 Å². The molecule has 0 amide bonds. The maximum absolute atomic E-state index is 12.6. The summed E-state index contributed by atoms with van der Waals surface area (Å²) >= 11 is 0. The van der Waals surface area contributed by atoms with E-state index < -0.39 is 11.7 Å². The highest BCUT2D eigenvalue weighted by Gasteiger charge is 2.30. The first-order valence-corrected chi connectivity index (χ1v) is 8.37. The van der Waals surface area contributed by atoms with Crippen LogP contribution in [-0.4, -0.2) is 0 Å². The summed E-state index contributed by atoms with van der Waals surface area (Å²) in [5, 5.41) is 0. The van der Waals surface area contributed by atoms with Gasteiger partial charge in [-0.1, -0.05) is 57.2 Å². The molecule has 0 saturated carbocycles. The number of alkyl halides is 3. The second-order valence-electron chi connectivity index (χ2n) is 6.29. The van der Waals surface area contributed by atoms with E-state index >= 15 is 0 Å². The summed E-state index contributed by atoms with van der Waals surface area (Å²) in [7, 11) is 0. The molecule has 1 aromatic rings. The van der Waals surface area contributed by atoms with Crippen LogP contribution in [-0.2, 0) is 6.18 Å². The molecule has 0 aromatic heterocycles. The first kappa shape index (κ1) is 17.1. The third-order valence-corrected chi connectivity index (χ3v) is 4.57. The molecule has 1 unspecified atom stereocenters. The van der Waals surface area contributed by atoms with Crippen LogP contribution in [0.5, 0.6) is 0 Å². The van der Waals surface area contributed by atoms with E-state index in [1.54, 1.807) is 12.1 Å². The number of hydrogen-bond donors (Lipinski definition) is 0. The molecule has 1 aliphatic rings. The number of allylic oxidation sites excluding steroid dienone is 2. The monoisotopic (exact) mass is 310 g/mol. The second-order valence-corrected chi connectivity index (χ2v) is 6.29. The number of benzene rings is 1. The predicted molar refractivity (Wildman–Crippen MR) is 85.5 cm³/mol. The summed E-state index contributed by atoms with van der Waals surface area (Å²) in [4.78, 5) is 0. The SMILES string of the molecule is CCCCCCC1CC=C(c2ccc(C(F)(F)F)cc2)CC1. The Morgan fingerprint density at radius 3 is 2.32 bits per heavy atom. The zero-order chi connectivity index (χ0) is 16.0. The highest BCUT2D eigenvalue weighted by atomic mass is 19.4. The highest BCUT2D eigenvalue weighted by molar-refractivity contribution is 5.66. The minimum atomic E-state index is -4.25. The van der Waals surface area contributed by atoms with Gasteiger partial charge in [-0.15, -0.1) is 0 Å². The lowest BCUT2D eigenvalue weighted by Crippen LogP contribution is -2.07. The van der Waals surface area contributed by atoms with Crippen molar-refractivity contribution in [3.63, 3.8) is 0 Å². The summed E-state index contributed by atoms with van der Waals surface area (Å²) in [6.45, 7) is 2.22. The Morgan fingerprint density at radius 2 is 1.77 bits per heavy atom. The lowest BCUT2D eigenvalue weighted by atomic mass is 9.84. The largest absolute Gasteiger partial charge is 0.416 e. The molecule has 0 heterocycles. The third kappa shape index (κ3) is 4.89. The number of halogens is 3. The summed E-state index contributed by atoms with van der Waals surface area (Å²) < 4.78 is 37.7. The van der Waals surface area contributed by atoms with Gasteiger partial charge in [0.1, 0.15) is 0 Å². The van der Waals surface area contributed by atoms with Crippen molar-refractivity contribution in [2.75, 3.05) is 0 Å². The second kappa shape index (κ2) is 7.85. The van der Waals surface area contributed by atoms with Crippen molar-refractivity contribution in [2.45, 2.75) is 64.5 Å². The Morgan fingerprint density at radius 1 is 1.05 bits per heavy atom. The standard InChI is InChI=1S/C19H25F3/c1-2-3-4-5-6-15-7-9-16(10-8-15)17-11-13-18(14-12-17)19(20,21)22/h9,11-15H,2-8,10H2,1H3. The molecular formula is C19H25F3. The molecule has 0 saturated heterocycles. The van der Waals surface area contributed by atoms with Crippen LogP contribution in [0.4, 0.5) is 13.2 Å². The van der Waals surface area contributed by atoms with E-state index in [1.165, 1.54) is 56.2 Å². The lowest BCUT2D eigenvalue weighted by molar-refractivity contribution is -0.137. The van der Waals surface area contributed by atoms with Gasteiger partial charge in [0, 0.05) is 0 Å². The first-order valence-electron chi connectivity index (χ1n) is 8.37. The van der Waals surface area contributed by atoms with Crippen molar-refractivity contribution in [3.05, 3.63) is 41.5 Å². The third-order valence-electron chi connectivity index (χ3n) is 4.57. The molecule has 0 radical (unpaired) electrons. The Balaban J connectivity index is 1.88. The number of hydrogen-bond acceptors (Lipinski definition) is 0. The van der Waals surface area contributed by atoms with Gasteiger partial charge >= 0.3 is 6.18 Å². The average molecular weight is 310 g/mol. The van der Waals surface area contributed by atoms with Crippen molar-refractivity contribution in [2.24, 2.45) is 5.92 Å². The van der Waals surface area contributed by atoms with Gasteiger partial charge in [0.25, 0.3) is 0 Å².